The molecule has 24 heavy (non-hydrogen) atoms. The number of para-hydroxylation sites is 2. The van der Waals surface area contributed by atoms with Gasteiger partial charge in [0.15, 0.2) is 11.6 Å². The van der Waals surface area contributed by atoms with Crippen LogP contribution >= 0.6 is 0 Å². The molecule has 5 heteroatoms. The number of carbonyl (C=O) groups is 1. The number of halogens is 1. The van der Waals surface area contributed by atoms with Crippen LogP contribution in [0.25, 0.3) is 10.9 Å². The lowest BCUT2D eigenvalue weighted by Gasteiger charge is -2.17. The molecular formula is C19H17FN2O2. The Hall–Kier alpha value is -2.95. The van der Waals surface area contributed by atoms with Crippen molar-refractivity contribution >= 4 is 16.8 Å². The Morgan fingerprint density at radius 1 is 1.08 bits per heavy atom. The normalized spacial score (nSPS) is 10.6. The van der Waals surface area contributed by atoms with Gasteiger partial charge < -0.3 is 9.64 Å². The molecule has 1 aromatic heterocycles. The van der Waals surface area contributed by atoms with Gasteiger partial charge in [-0.3, -0.25) is 4.79 Å². The van der Waals surface area contributed by atoms with E-state index in [2.05, 4.69) is 4.98 Å². The van der Waals surface area contributed by atoms with E-state index in [1.165, 1.54) is 11.0 Å². The fourth-order valence-electron chi connectivity index (χ4n) is 2.34. The minimum absolute atomic E-state index is 0.183. The first-order valence-electron chi connectivity index (χ1n) is 7.64. The van der Waals surface area contributed by atoms with Crippen molar-refractivity contribution in [3.8, 4) is 5.75 Å². The largest absolute Gasteiger partial charge is 0.489 e. The number of pyridine rings is 1. The van der Waals surface area contributed by atoms with Crippen LogP contribution in [0.2, 0.25) is 0 Å². The molecule has 0 bridgehead atoms. The third-order valence-electron chi connectivity index (χ3n) is 3.69. The van der Waals surface area contributed by atoms with Crippen molar-refractivity contribution in [3.05, 3.63) is 72.2 Å². The standard InChI is InChI=1S/C19H17FN2O2/c1-22(12-13-24-18-9-5-3-7-15(18)20)19(23)17-11-10-14-6-2-4-8-16(14)21-17/h2-11H,12-13H2,1H3. The molecule has 0 aliphatic rings. The summed E-state index contributed by atoms with van der Waals surface area (Å²) in [6, 6.07) is 17.4. The summed E-state index contributed by atoms with van der Waals surface area (Å²) in [5.41, 5.74) is 1.15. The number of amides is 1. The van der Waals surface area contributed by atoms with Gasteiger partial charge in [0.1, 0.15) is 12.3 Å². The highest BCUT2D eigenvalue weighted by atomic mass is 19.1. The second-order valence-corrected chi connectivity index (χ2v) is 5.39. The topological polar surface area (TPSA) is 42.4 Å². The average molecular weight is 324 g/mol. The predicted molar refractivity (Wildman–Crippen MR) is 90.6 cm³/mol. The maximum absolute atomic E-state index is 13.5. The van der Waals surface area contributed by atoms with E-state index in [1.807, 2.05) is 30.3 Å². The van der Waals surface area contributed by atoms with Crippen LogP contribution in [-0.2, 0) is 0 Å². The summed E-state index contributed by atoms with van der Waals surface area (Å²) >= 11 is 0. The van der Waals surface area contributed by atoms with Gasteiger partial charge in [0.2, 0.25) is 0 Å². The molecule has 0 fully saturated rings. The number of likely N-dealkylation sites (N-methyl/N-ethyl adjacent to an activating group) is 1. The van der Waals surface area contributed by atoms with Crippen molar-refractivity contribution in [2.45, 2.75) is 0 Å². The fraction of sp³-hybridized carbons (Fsp3) is 0.158. The maximum Gasteiger partial charge on any atom is 0.272 e. The predicted octanol–water partition coefficient (Wildman–Crippen LogP) is 3.52. The summed E-state index contributed by atoms with van der Waals surface area (Å²) in [5, 5.41) is 0.986. The van der Waals surface area contributed by atoms with E-state index in [9.17, 15) is 9.18 Å². The number of ether oxygens (including phenoxy) is 1. The van der Waals surface area contributed by atoms with E-state index in [4.69, 9.17) is 4.74 Å². The molecule has 3 rings (SSSR count). The van der Waals surface area contributed by atoms with Crippen molar-refractivity contribution in [1.82, 2.24) is 9.88 Å². The minimum atomic E-state index is -0.414. The lowest BCUT2D eigenvalue weighted by Crippen LogP contribution is -2.31. The molecule has 4 nitrogen and oxygen atoms in total. The van der Waals surface area contributed by atoms with Crippen LogP contribution in [0.1, 0.15) is 10.5 Å². The molecular weight excluding hydrogens is 307 g/mol. The smallest absolute Gasteiger partial charge is 0.272 e. The first kappa shape index (κ1) is 15.9. The van der Waals surface area contributed by atoms with Crippen molar-refractivity contribution in [1.29, 1.82) is 0 Å². The maximum atomic E-state index is 13.5. The van der Waals surface area contributed by atoms with E-state index in [0.717, 1.165) is 10.9 Å². The van der Waals surface area contributed by atoms with Gasteiger partial charge in [-0.15, -0.1) is 0 Å². The van der Waals surface area contributed by atoms with Crippen molar-refractivity contribution in [2.75, 3.05) is 20.2 Å². The molecule has 0 aliphatic heterocycles. The molecule has 0 saturated carbocycles. The van der Waals surface area contributed by atoms with E-state index in [1.54, 1.807) is 31.3 Å². The Labute approximate surface area is 139 Å². The fourth-order valence-corrected chi connectivity index (χ4v) is 2.34. The summed E-state index contributed by atoms with van der Waals surface area (Å²) in [4.78, 5) is 18.3. The number of aromatic nitrogens is 1. The SMILES string of the molecule is CN(CCOc1ccccc1F)C(=O)c1ccc2ccccc2n1. The Kier molecular flexibility index (Phi) is 4.70. The molecule has 0 spiro atoms. The summed E-state index contributed by atoms with van der Waals surface area (Å²) in [6.07, 6.45) is 0. The zero-order valence-corrected chi connectivity index (χ0v) is 13.3. The van der Waals surface area contributed by atoms with Crippen LogP contribution in [0.4, 0.5) is 4.39 Å². The quantitative estimate of drug-likeness (QED) is 0.721. The third-order valence-corrected chi connectivity index (χ3v) is 3.69. The van der Waals surface area contributed by atoms with Gasteiger partial charge in [0.05, 0.1) is 12.1 Å². The minimum Gasteiger partial charge on any atom is -0.489 e. The van der Waals surface area contributed by atoms with E-state index < -0.39 is 5.82 Å². The molecule has 0 saturated heterocycles. The highest BCUT2D eigenvalue weighted by molar-refractivity contribution is 5.94. The van der Waals surface area contributed by atoms with Gasteiger partial charge in [-0.05, 0) is 24.3 Å². The number of hydrogen-bond acceptors (Lipinski definition) is 3. The van der Waals surface area contributed by atoms with E-state index in [-0.39, 0.29) is 18.3 Å². The van der Waals surface area contributed by atoms with E-state index in [0.29, 0.717) is 12.2 Å². The van der Waals surface area contributed by atoms with Gasteiger partial charge in [-0.25, -0.2) is 9.37 Å². The lowest BCUT2D eigenvalue weighted by molar-refractivity contribution is 0.0767. The molecule has 1 heterocycles. The molecule has 3 aromatic rings. The Morgan fingerprint density at radius 2 is 1.83 bits per heavy atom. The third kappa shape index (κ3) is 3.51. The molecule has 0 unspecified atom stereocenters. The molecule has 0 aliphatic carbocycles. The molecule has 0 atom stereocenters. The highest BCUT2D eigenvalue weighted by Gasteiger charge is 2.14. The average Bonchev–Trinajstić information content (AvgIpc) is 2.62. The molecule has 122 valence electrons. The van der Waals surface area contributed by atoms with Crippen LogP contribution in [-0.4, -0.2) is 36.0 Å². The number of rotatable bonds is 5. The number of fused-ring (bicyclic) bond motifs is 1. The molecule has 0 radical (unpaired) electrons. The second kappa shape index (κ2) is 7.08. The zero-order valence-electron chi connectivity index (χ0n) is 13.3. The van der Waals surface area contributed by atoms with Gasteiger partial charge >= 0.3 is 0 Å². The summed E-state index contributed by atoms with van der Waals surface area (Å²) < 4.78 is 18.8. The van der Waals surface area contributed by atoms with Gasteiger partial charge in [-0.2, -0.15) is 0 Å². The van der Waals surface area contributed by atoms with Crippen LogP contribution < -0.4 is 4.74 Å². The molecule has 1 amide bonds. The van der Waals surface area contributed by atoms with Crippen LogP contribution in [0.15, 0.2) is 60.7 Å². The zero-order chi connectivity index (χ0) is 16.9. The van der Waals surface area contributed by atoms with Crippen molar-refractivity contribution in [2.24, 2.45) is 0 Å². The second-order valence-electron chi connectivity index (χ2n) is 5.39. The van der Waals surface area contributed by atoms with Crippen molar-refractivity contribution in [3.63, 3.8) is 0 Å². The number of hydrogen-bond donors (Lipinski definition) is 0. The number of nitrogens with zero attached hydrogens (tertiary/aromatic N) is 2. The lowest BCUT2D eigenvalue weighted by atomic mass is 10.2. The van der Waals surface area contributed by atoms with E-state index >= 15 is 0 Å². The van der Waals surface area contributed by atoms with Crippen molar-refractivity contribution < 1.29 is 13.9 Å². The Balaban J connectivity index is 1.62. The monoisotopic (exact) mass is 324 g/mol. The van der Waals surface area contributed by atoms with Gasteiger partial charge in [0, 0.05) is 12.4 Å². The van der Waals surface area contributed by atoms with Crippen LogP contribution in [0.5, 0.6) is 5.75 Å². The first-order chi connectivity index (χ1) is 11.6. The van der Waals surface area contributed by atoms with Gasteiger partial charge in [0.25, 0.3) is 5.91 Å². The summed E-state index contributed by atoms with van der Waals surface area (Å²) in [6.45, 7) is 0.540. The van der Waals surface area contributed by atoms with Crippen LogP contribution in [0, 0.1) is 5.82 Å². The molecule has 0 N–H and O–H groups in total. The van der Waals surface area contributed by atoms with Crippen LogP contribution in [0.3, 0.4) is 0 Å². The Bertz CT molecular complexity index is 867. The summed E-state index contributed by atoms with van der Waals surface area (Å²) in [5.74, 6) is -0.428. The number of carbonyl (C=O) groups excluding carboxylic acids is 1. The Morgan fingerprint density at radius 3 is 2.67 bits per heavy atom. The number of benzene rings is 2. The first-order valence-corrected chi connectivity index (χ1v) is 7.64. The molecule has 2 aromatic carbocycles. The summed E-state index contributed by atoms with van der Waals surface area (Å²) in [7, 11) is 1.67. The highest BCUT2D eigenvalue weighted by Crippen LogP contribution is 2.15. The van der Waals surface area contributed by atoms with Gasteiger partial charge in [-0.1, -0.05) is 36.4 Å².